The van der Waals surface area contributed by atoms with Crippen LogP contribution in [0, 0.1) is 0 Å². The van der Waals surface area contributed by atoms with E-state index < -0.39 is 11.7 Å². The van der Waals surface area contributed by atoms with Gasteiger partial charge < -0.3 is 14.5 Å². The largest absolute Gasteiger partial charge is 0.416 e. The second-order valence-electron chi connectivity index (χ2n) is 8.24. The summed E-state index contributed by atoms with van der Waals surface area (Å²) in [5.74, 6) is 0.524. The zero-order chi connectivity index (χ0) is 23.3. The lowest BCUT2D eigenvalue weighted by Crippen LogP contribution is -2.47. The van der Waals surface area contributed by atoms with E-state index in [1.54, 1.807) is 6.07 Å². The number of piperazine rings is 1. The Balaban J connectivity index is 0.00000216. The van der Waals surface area contributed by atoms with Crippen molar-refractivity contribution in [3.63, 3.8) is 0 Å². The summed E-state index contributed by atoms with van der Waals surface area (Å²) in [6, 6.07) is 12.0. The zero-order valence-electron chi connectivity index (χ0n) is 19.3. The Bertz CT molecular complexity index is 930. The van der Waals surface area contributed by atoms with Gasteiger partial charge in [0.2, 0.25) is 0 Å². The van der Waals surface area contributed by atoms with Crippen molar-refractivity contribution in [2.24, 2.45) is 0 Å². The average molecular weight is 573 g/mol. The van der Waals surface area contributed by atoms with Gasteiger partial charge in [-0.25, -0.2) is 0 Å². The molecule has 4 rings (SSSR count). The molecule has 0 N–H and O–H groups in total. The van der Waals surface area contributed by atoms with Gasteiger partial charge in [0.05, 0.1) is 30.2 Å². The van der Waals surface area contributed by atoms with Crippen LogP contribution in [-0.4, -0.2) is 74.7 Å². The third-order valence-electron chi connectivity index (χ3n) is 6.05. The standard InChI is InChI=1S/C24H29ClF3N3OS.2ClH/c25-8-16-32-17-15-30-13-11-29(12-14-30)9-3-10-31-20-4-1-2-5-22(20)33-23-7-6-19(18-21(23)31)24(26,27)28;;/h1-2,4-7,18H,3,8-17H2;2*1H. The highest BCUT2D eigenvalue weighted by molar-refractivity contribution is 7.99. The molecule has 2 heterocycles. The van der Waals surface area contributed by atoms with Crippen LogP contribution in [0.5, 0.6) is 0 Å². The highest BCUT2D eigenvalue weighted by Gasteiger charge is 2.33. The van der Waals surface area contributed by atoms with Crippen molar-refractivity contribution in [1.82, 2.24) is 9.80 Å². The molecule has 35 heavy (non-hydrogen) atoms. The van der Waals surface area contributed by atoms with E-state index in [0.29, 0.717) is 31.3 Å². The van der Waals surface area contributed by atoms with Gasteiger partial charge in [-0.1, -0.05) is 23.9 Å². The summed E-state index contributed by atoms with van der Waals surface area (Å²) < 4.78 is 45.6. The molecule has 2 aliphatic rings. The van der Waals surface area contributed by atoms with E-state index in [9.17, 15) is 13.2 Å². The fourth-order valence-electron chi connectivity index (χ4n) is 4.29. The first kappa shape index (κ1) is 30.4. The molecule has 0 aliphatic carbocycles. The van der Waals surface area contributed by atoms with Crippen molar-refractivity contribution < 1.29 is 17.9 Å². The average Bonchev–Trinajstić information content (AvgIpc) is 2.81. The van der Waals surface area contributed by atoms with Gasteiger partial charge in [0.1, 0.15) is 0 Å². The molecular formula is C24H31Cl3F3N3OS. The third-order valence-corrected chi connectivity index (χ3v) is 7.33. The zero-order valence-corrected chi connectivity index (χ0v) is 22.5. The molecule has 0 aromatic heterocycles. The molecule has 2 aliphatic heterocycles. The molecule has 0 radical (unpaired) electrons. The van der Waals surface area contributed by atoms with E-state index in [-0.39, 0.29) is 24.8 Å². The van der Waals surface area contributed by atoms with E-state index in [1.165, 1.54) is 23.9 Å². The second-order valence-corrected chi connectivity index (χ2v) is 9.70. The Hall–Kier alpha value is -0.870. The fourth-order valence-corrected chi connectivity index (χ4v) is 5.47. The molecule has 2 aromatic rings. The van der Waals surface area contributed by atoms with Crippen LogP contribution in [0.25, 0.3) is 0 Å². The monoisotopic (exact) mass is 571 g/mol. The number of nitrogens with zero attached hydrogens (tertiary/aromatic N) is 3. The number of hydrogen-bond donors (Lipinski definition) is 0. The Morgan fingerprint density at radius 1 is 0.829 bits per heavy atom. The van der Waals surface area contributed by atoms with E-state index in [4.69, 9.17) is 16.3 Å². The van der Waals surface area contributed by atoms with Crippen LogP contribution >= 0.6 is 48.2 Å². The quantitative estimate of drug-likeness (QED) is 0.254. The fraction of sp³-hybridized carbons (Fsp3) is 0.500. The van der Waals surface area contributed by atoms with Gasteiger partial charge in [-0.05, 0) is 43.3 Å². The number of anilines is 2. The molecule has 196 valence electrons. The lowest BCUT2D eigenvalue weighted by atomic mass is 10.1. The summed E-state index contributed by atoms with van der Waals surface area (Å²) in [6.45, 7) is 7.83. The minimum absolute atomic E-state index is 0. The lowest BCUT2D eigenvalue weighted by Gasteiger charge is -2.36. The number of alkyl halides is 4. The number of halogens is 6. The van der Waals surface area contributed by atoms with E-state index >= 15 is 0 Å². The van der Waals surface area contributed by atoms with Gasteiger partial charge in [0.25, 0.3) is 0 Å². The third kappa shape index (κ3) is 8.06. The number of hydrogen-bond acceptors (Lipinski definition) is 5. The van der Waals surface area contributed by atoms with Crippen LogP contribution in [0.15, 0.2) is 52.3 Å². The molecule has 0 spiro atoms. The molecule has 1 saturated heterocycles. The maximum Gasteiger partial charge on any atom is 0.416 e. The van der Waals surface area contributed by atoms with Crippen molar-refractivity contribution in [3.05, 3.63) is 48.0 Å². The highest BCUT2D eigenvalue weighted by atomic mass is 35.5. The van der Waals surface area contributed by atoms with Crippen molar-refractivity contribution >= 4 is 59.6 Å². The van der Waals surface area contributed by atoms with Crippen LogP contribution in [0.4, 0.5) is 24.5 Å². The molecule has 0 saturated carbocycles. The molecule has 2 aromatic carbocycles. The molecule has 0 amide bonds. The van der Waals surface area contributed by atoms with Crippen molar-refractivity contribution in [2.45, 2.75) is 22.4 Å². The maximum atomic E-state index is 13.4. The second kappa shape index (κ2) is 14.2. The predicted octanol–water partition coefficient (Wildman–Crippen LogP) is 6.41. The first-order valence-electron chi connectivity index (χ1n) is 11.3. The van der Waals surface area contributed by atoms with Gasteiger partial charge in [-0.15, -0.1) is 36.4 Å². The topological polar surface area (TPSA) is 19.0 Å². The lowest BCUT2D eigenvalue weighted by molar-refractivity contribution is -0.137. The molecule has 0 bridgehead atoms. The van der Waals surface area contributed by atoms with Crippen LogP contribution in [0.2, 0.25) is 0 Å². The molecular weight excluding hydrogens is 542 g/mol. The summed E-state index contributed by atoms with van der Waals surface area (Å²) in [7, 11) is 0. The van der Waals surface area contributed by atoms with Gasteiger partial charge in [0.15, 0.2) is 0 Å². The molecule has 0 atom stereocenters. The molecule has 1 fully saturated rings. The van der Waals surface area contributed by atoms with Crippen molar-refractivity contribution in [3.8, 4) is 0 Å². The predicted molar refractivity (Wildman–Crippen MR) is 143 cm³/mol. The Morgan fingerprint density at radius 2 is 1.49 bits per heavy atom. The summed E-state index contributed by atoms with van der Waals surface area (Å²) in [6.07, 6.45) is -3.47. The Morgan fingerprint density at radius 3 is 2.17 bits per heavy atom. The van der Waals surface area contributed by atoms with Crippen molar-refractivity contribution in [1.29, 1.82) is 0 Å². The molecule has 11 heteroatoms. The van der Waals surface area contributed by atoms with Gasteiger partial charge in [0, 0.05) is 54.9 Å². The van der Waals surface area contributed by atoms with Crippen LogP contribution in [-0.2, 0) is 10.9 Å². The summed E-state index contributed by atoms with van der Waals surface area (Å²) in [5, 5.41) is 0. The summed E-state index contributed by atoms with van der Waals surface area (Å²) in [4.78, 5) is 8.84. The van der Waals surface area contributed by atoms with Gasteiger partial charge >= 0.3 is 6.18 Å². The van der Waals surface area contributed by atoms with Crippen LogP contribution < -0.4 is 4.90 Å². The number of rotatable bonds is 9. The maximum absolute atomic E-state index is 13.4. The number of fused-ring (bicyclic) bond motifs is 2. The Kier molecular flexibility index (Phi) is 12.3. The molecule has 4 nitrogen and oxygen atoms in total. The molecule has 0 unspecified atom stereocenters. The Labute approximate surface area is 226 Å². The minimum Gasteiger partial charge on any atom is -0.379 e. The van der Waals surface area contributed by atoms with Crippen molar-refractivity contribution in [2.75, 3.05) is 69.8 Å². The smallest absolute Gasteiger partial charge is 0.379 e. The number of ether oxygens (including phenoxy) is 1. The summed E-state index contributed by atoms with van der Waals surface area (Å²) in [5.41, 5.74) is 1.03. The number of para-hydroxylation sites is 1. The van der Waals surface area contributed by atoms with E-state index in [2.05, 4.69) is 14.7 Å². The van der Waals surface area contributed by atoms with E-state index in [0.717, 1.165) is 61.2 Å². The first-order valence-corrected chi connectivity index (χ1v) is 12.6. The highest BCUT2D eigenvalue weighted by Crippen LogP contribution is 2.49. The van der Waals surface area contributed by atoms with E-state index in [1.807, 2.05) is 24.3 Å². The number of benzene rings is 2. The van der Waals surface area contributed by atoms with Gasteiger partial charge in [-0.2, -0.15) is 13.2 Å². The summed E-state index contributed by atoms with van der Waals surface area (Å²) >= 11 is 7.16. The van der Waals surface area contributed by atoms with Crippen LogP contribution in [0.1, 0.15) is 12.0 Å². The van der Waals surface area contributed by atoms with Crippen LogP contribution in [0.3, 0.4) is 0 Å². The normalized spacial score (nSPS) is 16.2. The SMILES string of the molecule is Cl.Cl.FC(F)(F)c1ccc2c(c1)N(CCCN1CCN(CCOCCCl)CC1)c1ccccc1S2. The van der Waals surface area contributed by atoms with Gasteiger partial charge in [-0.3, -0.25) is 4.90 Å². The minimum atomic E-state index is -4.35. The first-order chi connectivity index (χ1) is 16.0.